The summed E-state index contributed by atoms with van der Waals surface area (Å²) >= 11 is 0. The molecule has 0 atom stereocenters. The minimum absolute atomic E-state index is 0.196. The summed E-state index contributed by atoms with van der Waals surface area (Å²) in [6.45, 7) is 27.6. The molecule has 462 valence electrons. The maximum atomic E-state index is 5.74. The number of anilines is 3. The first-order chi connectivity index (χ1) is 43.1. The second-order valence-corrected chi connectivity index (χ2v) is 21.7. The molecular weight excluding hydrogens is 1130 g/mol. The van der Waals surface area contributed by atoms with Gasteiger partial charge in [0, 0.05) is 50.8 Å². The summed E-state index contributed by atoms with van der Waals surface area (Å²) in [5.74, 6) is 4.13. The molecule has 0 aromatic carbocycles. The molecule has 0 unspecified atom stereocenters. The van der Waals surface area contributed by atoms with Crippen LogP contribution in [0.15, 0.2) is 92.2 Å². The molecule has 12 aromatic rings. The van der Waals surface area contributed by atoms with Crippen LogP contribution in [0.4, 0.5) is 17.1 Å². The molecule has 12 aromatic heterocycles. The Labute approximate surface area is 515 Å². The first-order valence-electron chi connectivity index (χ1n) is 29.7. The van der Waals surface area contributed by atoms with Crippen molar-refractivity contribution in [2.45, 2.75) is 121 Å². The van der Waals surface area contributed by atoms with Gasteiger partial charge in [0.05, 0.1) is 107 Å². The van der Waals surface area contributed by atoms with Crippen molar-refractivity contribution in [1.82, 2.24) is 104 Å². The Balaban J connectivity index is 0.000000147. The predicted molar refractivity (Wildman–Crippen MR) is 342 cm³/mol. The molecule has 0 saturated carbocycles. The zero-order valence-corrected chi connectivity index (χ0v) is 52.8. The Hall–Kier alpha value is -10.5. The lowest BCUT2D eigenvalue weighted by Gasteiger charge is -2.15. The highest BCUT2D eigenvalue weighted by atomic mass is 16.5. The third-order valence-corrected chi connectivity index (χ3v) is 14.3. The third kappa shape index (κ3) is 13.4. The van der Waals surface area contributed by atoms with Gasteiger partial charge in [-0.25, -0.2) is 34.9 Å². The Morgan fingerprint density at radius 1 is 0.483 bits per heavy atom. The Kier molecular flexibility index (Phi) is 19.0. The van der Waals surface area contributed by atoms with Gasteiger partial charge < -0.3 is 39.3 Å². The summed E-state index contributed by atoms with van der Waals surface area (Å²) in [6, 6.07) is 18.2. The van der Waals surface area contributed by atoms with E-state index in [9.17, 15) is 0 Å². The van der Waals surface area contributed by atoms with Gasteiger partial charge in [-0.05, 0) is 138 Å². The quantitative estimate of drug-likeness (QED) is 0.0520. The lowest BCUT2D eigenvalue weighted by molar-refractivity contribution is 0.328. The van der Waals surface area contributed by atoms with Gasteiger partial charge in [0.15, 0.2) is 11.6 Å². The van der Waals surface area contributed by atoms with Crippen LogP contribution in [-0.4, -0.2) is 124 Å². The van der Waals surface area contributed by atoms with Crippen molar-refractivity contribution in [2.24, 2.45) is 14.1 Å². The number of aryl methyl sites for hydroxylation is 5. The first-order valence-corrected chi connectivity index (χ1v) is 29.7. The number of aromatic amines is 1. The topological polar surface area (TPSA) is 298 Å². The summed E-state index contributed by atoms with van der Waals surface area (Å²) in [6.07, 6.45) is 10.0. The van der Waals surface area contributed by atoms with Crippen molar-refractivity contribution in [3.05, 3.63) is 127 Å². The molecule has 89 heavy (non-hydrogen) atoms. The van der Waals surface area contributed by atoms with Gasteiger partial charge in [-0.2, -0.15) is 20.4 Å². The van der Waals surface area contributed by atoms with E-state index in [4.69, 9.17) is 44.5 Å². The van der Waals surface area contributed by atoms with Crippen LogP contribution >= 0.6 is 0 Å². The fourth-order valence-corrected chi connectivity index (χ4v) is 10.1. The van der Waals surface area contributed by atoms with E-state index in [-0.39, 0.29) is 18.1 Å². The van der Waals surface area contributed by atoms with Crippen LogP contribution in [0.3, 0.4) is 0 Å². The summed E-state index contributed by atoms with van der Waals surface area (Å²) in [4.78, 5) is 32.1. The molecule has 0 aliphatic heterocycles. The molecule has 0 spiro atoms. The highest BCUT2D eigenvalue weighted by Crippen LogP contribution is 2.38. The van der Waals surface area contributed by atoms with Crippen molar-refractivity contribution < 1.29 is 14.2 Å². The van der Waals surface area contributed by atoms with E-state index in [0.29, 0.717) is 57.1 Å². The number of nitrogens with zero attached hydrogens (tertiary/aromatic N) is 20. The van der Waals surface area contributed by atoms with Crippen LogP contribution in [0.1, 0.15) is 115 Å². The largest absolute Gasteiger partial charge is 0.477 e. The number of hydrogen-bond acceptors (Lipinski definition) is 21. The highest BCUT2D eigenvalue weighted by molar-refractivity contribution is 5.95. The number of rotatable bonds is 21. The fourth-order valence-electron chi connectivity index (χ4n) is 10.1. The van der Waals surface area contributed by atoms with Crippen LogP contribution in [0, 0.1) is 20.8 Å². The molecular formula is C62H76N24O3. The minimum Gasteiger partial charge on any atom is -0.477 e. The third-order valence-electron chi connectivity index (χ3n) is 14.3. The second-order valence-electron chi connectivity index (χ2n) is 21.7. The number of aromatic nitrogens is 21. The van der Waals surface area contributed by atoms with Gasteiger partial charge in [0.1, 0.15) is 57.9 Å². The number of nitrogens with one attached hydrogen (secondary N) is 4. The zero-order valence-electron chi connectivity index (χ0n) is 52.8. The summed E-state index contributed by atoms with van der Waals surface area (Å²) in [5, 5.41) is 47.8. The number of ether oxygens (including phenoxy) is 3. The molecule has 12 heterocycles. The van der Waals surface area contributed by atoms with Crippen LogP contribution in [-0.2, 0) is 33.7 Å². The predicted octanol–water partition coefficient (Wildman–Crippen LogP) is 10.6. The Morgan fingerprint density at radius 3 is 1.12 bits per heavy atom. The van der Waals surface area contributed by atoms with Crippen LogP contribution in [0.25, 0.3) is 66.9 Å². The normalized spacial score (nSPS) is 11.4. The summed E-state index contributed by atoms with van der Waals surface area (Å²) in [7, 11) is 3.86. The molecule has 0 fully saturated rings. The van der Waals surface area contributed by atoms with E-state index in [1.165, 1.54) is 6.33 Å². The standard InChI is InChI=1S/2C21H26N8O.C20H24N8O/c2*1-6-30-21-15(8-7-9-22-21)16-10-17(23-11-18-26-24-12-28(18)5)20-19(25-16)14(4)27-29(20)13(2)3;1-5-29-20-14(7-6-8-21-20)15-9-16(22-10-17-23-11-24-26-17)19-18(25-15)13(4)27-28(19)12(2)3/h2*7-10,12-13H,6,11H2,1-5H3,(H,23,25);6-9,11-12H,5,10H2,1-4H3,(H,22,25)(H,23,24,26). The van der Waals surface area contributed by atoms with Gasteiger partial charge in [-0.1, -0.05) is 0 Å². The summed E-state index contributed by atoms with van der Waals surface area (Å²) < 4.78 is 27.0. The lowest BCUT2D eigenvalue weighted by Crippen LogP contribution is -2.09. The molecule has 27 heteroatoms. The van der Waals surface area contributed by atoms with Gasteiger partial charge in [-0.3, -0.25) is 19.1 Å². The monoisotopic (exact) mass is 1200 g/mol. The van der Waals surface area contributed by atoms with E-state index < -0.39 is 0 Å². The number of hydrogen-bond donors (Lipinski definition) is 4. The van der Waals surface area contributed by atoms with Crippen molar-refractivity contribution in [3.63, 3.8) is 0 Å². The molecule has 0 aliphatic rings. The maximum absolute atomic E-state index is 5.74. The molecule has 0 aliphatic carbocycles. The van der Waals surface area contributed by atoms with E-state index in [1.54, 1.807) is 31.2 Å². The van der Waals surface area contributed by atoms with Crippen LogP contribution in [0.2, 0.25) is 0 Å². The molecule has 27 nitrogen and oxygen atoms in total. The molecule has 0 bridgehead atoms. The number of H-pyrrole nitrogens is 1. The maximum Gasteiger partial charge on any atom is 0.222 e. The van der Waals surface area contributed by atoms with Crippen molar-refractivity contribution >= 4 is 50.2 Å². The Morgan fingerprint density at radius 2 is 0.831 bits per heavy atom. The average Bonchev–Trinajstić information content (AvgIpc) is 2.67. The molecule has 0 saturated heterocycles. The fraction of sp³-hybridized carbons (Fsp3) is 0.371. The van der Waals surface area contributed by atoms with E-state index in [2.05, 4.69) is 108 Å². The van der Waals surface area contributed by atoms with Crippen molar-refractivity contribution in [3.8, 4) is 51.4 Å². The average molecular weight is 1210 g/mol. The molecule has 0 radical (unpaired) electrons. The smallest absolute Gasteiger partial charge is 0.222 e. The molecule has 12 rings (SSSR count). The molecule has 4 N–H and O–H groups in total. The lowest BCUT2D eigenvalue weighted by atomic mass is 10.1. The highest BCUT2D eigenvalue weighted by Gasteiger charge is 2.24. The van der Waals surface area contributed by atoms with Gasteiger partial charge in [0.2, 0.25) is 17.6 Å². The number of fused-ring (bicyclic) bond motifs is 3. The SMILES string of the molecule is CCOc1ncccc1-c1cc(NCc2ncn[nH]2)c2c(n1)c(C)nn2C(C)C.CCOc1ncccc1-c1cc(NCc2nncn2C)c2c(n1)c(C)nn2C(C)C.CCOc1ncccc1-c1cc(NCc2nncn2C)c2c(n1)c(C)nn2C(C)C. The van der Waals surface area contributed by atoms with Crippen molar-refractivity contribution in [1.29, 1.82) is 0 Å². The second kappa shape index (κ2) is 27.5. The van der Waals surface area contributed by atoms with Gasteiger partial charge >= 0.3 is 0 Å². The van der Waals surface area contributed by atoms with E-state index >= 15 is 0 Å². The molecule has 0 amide bonds. The summed E-state index contributed by atoms with van der Waals surface area (Å²) in [5.41, 5.74) is 15.7. The van der Waals surface area contributed by atoms with E-state index in [0.717, 1.165) is 118 Å². The van der Waals surface area contributed by atoms with Crippen LogP contribution < -0.4 is 30.2 Å². The number of pyridine rings is 6. The Bertz CT molecular complexity index is 4160. The first kappa shape index (κ1) is 61.6. The van der Waals surface area contributed by atoms with E-state index in [1.807, 2.05) is 133 Å². The minimum atomic E-state index is 0.196. The van der Waals surface area contributed by atoms with Gasteiger partial charge in [0.25, 0.3) is 0 Å². The van der Waals surface area contributed by atoms with Crippen molar-refractivity contribution in [2.75, 3.05) is 35.8 Å². The van der Waals surface area contributed by atoms with Gasteiger partial charge in [-0.15, -0.1) is 20.4 Å². The van der Waals surface area contributed by atoms with Crippen LogP contribution in [0.5, 0.6) is 17.6 Å². The zero-order chi connectivity index (χ0) is 62.9.